The fourth-order valence-electron chi connectivity index (χ4n) is 5.18. The molecule has 2 aromatic heterocycles. The number of aliphatic hydroxyl groups is 2. The molecule has 0 amide bonds. The quantitative estimate of drug-likeness (QED) is 0.180. The Bertz CT molecular complexity index is 980. The number of anilines is 1. The van der Waals surface area contributed by atoms with Crippen LogP contribution in [0.25, 0.3) is 11.2 Å². The van der Waals surface area contributed by atoms with Gasteiger partial charge in [-0.1, -0.05) is 103 Å². The maximum absolute atomic E-state index is 12.0. The van der Waals surface area contributed by atoms with E-state index in [2.05, 4.69) is 21.9 Å². The van der Waals surface area contributed by atoms with Gasteiger partial charge < -0.3 is 25.4 Å². The SMILES string of the molecule is CCCCCCCCCCCCCCCCCCOC[C@H]1O[C@@H](n2cnc3c(=O)[nH]c(N)nc32)[C@H](O)[C@@H]1O. The van der Waals surface area contributed by atoms with Gasteiger partial charge in [0.15, 0.2) is 17.4 Å². The van der Waals surface area contributed by atoms with Gasteiger partial charge in [0.05, 0.1) is 12.9 Å². The zero-order valence-electron chi connectivity index (χ0n) is 23.2. The number of aliphatic hydroxyl groups excluding tert-OH is 2. The van der Waals surface area contributed by atoms with Crippen LogP contribution < -0.4 is 11.3 Å². The fraction of sp³-hybridized carbons (Fsp3) is 0.821. The minimum absolute atomic E-state index is 0.0593. The highest BCUT2D eigenvalue weighted by molar-refractivity contribution is 5.70. The zero-order chi connectivity index (χ0) is 27.2. The minimum atomic E-state index is -1.21. The first kappa shape index (κ1) is 30.5. The number of nitrogen functional groups attached to an aromatic ring is 1. The summed E-state index contributed by atoms with van der Waals surface area (Å²) < 4.78 is 13.0. The Labute approximate surface area is 226 Å². The molecule has 1 fully saturated rings. The van der Waals surface area contributed by atoms with Crippen molar-refractivity contribution in [3.63, 3.8) is 0 Å². The number of hydrogen-bond donors (Lipinski definition) is 4. The first-order chi connectivity index (χ1) is 18.5. The van der Waals surface area contributed by atoms with Crippen molar-refractivity contribution in [2.45, 2.75) is 134 Å². The predicted molar refractivity (Wildman–Crippen MR) is 149 cm³/mol. The van der Waals surface area contributed by atoms with Crippen LogP contribution in [0.5, 0.6) is 0 Å². The summed E-state index contributed by atoms with van der Waals surface area (Å²) >= 11 is 0. The Balaban J connectivity index is 1.19. The monoisotopic (exact) mass is 535 g/mol. The van der Waals surface area contributed by atoms with Gasteiger partial charge in [0, 0.05) is 6.61 Å². The number of imidazole rings is 1. The van der Waals surface area contributed by atoms with Crippen molar-refractivity contribution >= 4 is 17.1 Å². The molecule has 3 rings (SSSR count). The first-order valence-electron chi connectivity index (χ1n) is 14.8. The average molecular weight is 536 g/mol. The third-order valence-electron chi connectivity index (χ3n) is 7.49. The van der Waals surface area contributed by atoms with E-state index < -0.39 is 30.1 Å². The van der Waals surface area contributed by atoms with Crippen LogP contribution in [0.15, 0.2) is 11.1 Å². The van der Waals surface area contributed by atoms with Crippen LogP contribution in [0.4, 0.5) is 5.95 Å². The summed E-state index contributed by atoms with van der Waals surface area (Å²) in [7, 11) is 0. The van der Waals surface area contributed by atoms with E-state index in [1.165, 1.54) is 101 Å². The highest BCUT2D eigenvalue weighted by Gasteiger charge is 2.44. The topological polar surface area (TPSA) is 149 Å². The highest BCUT2D eigenvalue weighted by Crippen LogP contribution is 2.31. The molecule has 0 unspecified atom stereocenters. The van der Waals surface area contributed by atoms with Crippen LogP contribution in [-0.4, -0.2) is 61.3 Å². The van der Waals surface area contributed by atoms with E-state index in [0.29, 0.717) is 6.61 Å². The smallest absolute Gasteiger partial charge is 0.280 e. The summed E-state index contributed by atoms with van der Waals surface area (Å²) in [4.78, 5) is 22.5. The number of nitrogens with zero attached hydrogens (tertiary/aromatic N) is 3. The van der Waals surface area contributed by atoms with E-state index in [9.17, 15) is 15.0 Å². The summed E-state index contributed by atoms with van der Waals surface area (Å²) in [5, 5.41) is 21.0. The molecule has 5 N–H and O–H groups in total. The summed E-state index contributed by atoms with van der Waals surface area (Å²) in [6, 6.07) is 0. The normalized spacial score (nSPS) is 21.6. The number of hydrogen-bond acceptors (Lipinski definition) is 8. The number of nitrogens with two attached hydrogens (primary N) is 1. The zero-order valence-corrected chi connectivity index (χ0v) is 23.2. The lowest BCUT2D eigenvalue weighted by molar-refractivity contribution is -0.0657. The van der Waals surface area contributed by atoms with Crippen molar-refractivity contribution in [1.29, 1.82) is 0 Å². The number of fused-ring (bicyclic) bond motifs is 1. The maximum atomic E-state index is 12.0. The van der Waals surface area contributed by atoms with Crippen molar-refractivity contribution in [2.24, 2.45) is 0 Å². The Kier molecular flexibility index (Phi) is 13.5. The first-order valence-corrected chi connectivity index (χ1v) is 14.8. The lowest BCUT2D eigenvalue weighted by Gasteiger charge is -2.16. The number of aromatic amines is 1. The highest BCUT2D eigenvalue weighted by atomic mass is 16.6. The molecule has 0 spiro atoms. The molecule has 0 bridgehead atoms. The minimum Gasteiger partial charge on any atom is -0.387 e. The standard InChI is InChI=1S/C28H49N5O5/c1-2-3-4-5-6-7-8-9-10-11-12-13-14-15-16-17-18-37-19-21-23(34)24(35)27(38-21)33-20-30-22-25(33)31-28(29)32-26(22)36/h20-21,23-24,27,34-35H,2-19H2,1H3,(H3,29,31,32,36)/t21-,23-,24-,27-/m1/s1. The summed E-state index contributed by atoms with van der Waals surface area (Å²) in [5.41, 5.74) is 5.45. The number of H-pyrrole nitrogens is 1. The van der Waals surface area contributed by atoms with Gasteiger partial charge in [0.25, 0.3) is 5.56 Å². The molecule has 10 nitrogen and oxygen atoms in total. The van der Waals surface area contributed by atoms with Crippen molar-refractivity contribution in [3.8, 4) is 0 Å². The molecule has 4 atom stereocenters. The predicted octanol–water partition coefficient (Wildman–Crippen LogP) is 4.60. The Morgan fingerprint density at radius 2 is 1.47 bits per heavy atom. The molecule has 38 heavy (non-hydrogen) atoms. The Morgan fingerprint density at radius 3 is 2.05 bits per heavy atom. The summed E-state index contributed by atoms with van der Waals surface area (Å²) in [5.74, 6) is -0.0593. The van der Waals surface area contributed by atoms with E-state index in [4.69, 9.17) is 15.2 Å². The van der Waals surface area contributed by atoms with E-state index in [1.807, 2.05) is 0 Å². The van der Waals surface area contributed by atoms with Crippen molar-refractivity contribution in [1.82, 2.24) is 19.5 Å². The van der Waals surface area contributed by atoms with Gasteiger partial charge in [0.1, 0.15) is 18.3 Å². The van der Waals surface area contributed by atoms with Gasteiger partial charge in [-0.05, 0) is 6.42 Å². The van der Waals surface area contributed by atoms with Gasteiger partial charge in [-0.2, -0.15) is 4.98 Å². The van der Waals surface area contributed by atoms with Gasteiger partial charge in [0.2, 0.25) is 5.95 Å². The molecular formula is C28H49N5O5. The third-order valence-corrected chi connectivity index (χ3v) is 7.49. The molecule has 0 aliphatic carbocycles. The van der Waals surface area contributed by atoms with Gasteiger partial charge in [-0.15, -0.1) is 0 Å². The second-order valence-corrected chi connectivity index (χ2v) is 10.7. The second kappa shape index (κ2) is 16.8. The molecule has 1 aliphatic heterocycles. The van der Waals surface area contributed by atoms with Crippen LogP contribution in [0.2, 0.25) is 0 Å². The molecule has 1 aliphatic rings. The van der Waals surface area contributed by atoms with E-state index in [1.54, 1.807) is 0 Å². The van der Waals surface area contributed by atoms with Crippen LogP contribution in [0, 0.1) is 0 Å². The molecule has 0 aromatic carbocycles. The third kappa shape index (κ3) is 9.32. The van der Waals surface area contributed by atoms with Crippen molar-refractivity contribution in [3.05, 3.63) is 16.7 Å². The van der Waals surface area contributed by atoms with Gasteiger partial charge >= 0.3 is 0 Å². The molecule has 3 heterocycles. The van der Waals surface area contributed by atoms with Gasteiger partial charge in [-0.25, -0.2) is 4.98 Å². The number of nitrogens with one attached hydrogen (secondary N) is 1. The maximum Gasteiger partial charge on any atom is 0.280 e. The van der Waals surface area contributed by atoms with Crippen molar-refractivity contribution < 1.29 is 19.7 Å². The molecule has 0 saturated carbocycles. The molecule has 0 radical (unpaired) electrons. The van der Waals surface area contributed by atoms with E-state index >= 15 is 0 Å². The van der Waals surface area contributed by atoms with Gasteiger partial charge in [-0.3, -0.25) is 14.3 Å². The largest absolute Gasteiger partial charge is 0.387 e. The lowest BCUT2D eigenvalue weighted by Crippen LogP contribution is -2.34. The second-order valence-electron chi connectivity index (χ2n) is 10.7. The molecule has 216 valence electrons. The number of unbranched alkanes of at least 4 members (excludes halogenated alkanes) is 15. The molecule has 2 aromatic rings. The Hall–Kier alpha value is -2.01. The molecule has 1 saturated heterocycles. The number of ether oxygens (including phenoxy) is 2. The van der Waals surface area contributed by atoms with Crippen LogP contribution in [0.1, 0.15) is 116 Å². The number of rotatable bonds is 20. The molecule has 10 heteroatoms. The van der Waals surface area contributed by atoms with Crippen molar-refractivity contribution in [2.75, 3.05) is 18.9 Å². The van der Waals surface area contributed by atoms with Crippen LogP contribution >= 0.6 is 0 Å². The fourth-order valence-corrected chi connectivity index (χ4v) is 5.18. The van der Waals surface area contributed by atoms with E-state index in [0.717, 1.165) is 12.8 Å². The van der Waals surface area contributed by atoms with E-state index in [-0.39, 0.29) is 23.7 Å². The van der Waals surface area contributed by atoms with Crippen LogP contribution in [-0.2, 0) is 9.47 Å². The lowest BCUT2D eigenvalue weighted by atomic mass is 10.0. The summed E-state index contributed by atoms with van der Waals surface area (Å²) in [6.45, 7) is 3.04. The number of aromatic nitrogens is 4. The Morgan fingerprint density at radius 1 is 0.921 bits per heavy atom. The summed E-state index contributed by atoms with van der Waals surface area (Å²) in [6.07, 6.45) is 18.6. The van der Waals surface area contributed by atoms with Crippen LogP contribution in [0.3, 0.4) is 0 Å². The average Bonchev–Trinajstić information content (AvgIpc) is 3.44. The molecular weight excluding hydrogens is 486 g/mol.